The summed E-state index contributed by atoms with van der Waals surface area (Å²) in [5, 5.41) is 0. The van der Waals surface area contributed by atoms with Crippen molar-refractivity contribution in [1.29, 1.82) is 0 Å². The Labute approximate surface area is 195 Å². The van der Waals surface area contributed by atoms with Crippen molar-refractivity contribution in [2.24, 2.45) is 0 Å². The van der Waals surface area contributed by atoms with E-state index in [1.165, 1.54) is 7.11 Å². The lowest BCUT2D eigenvalue weighted by Crippen LogP contribution is -2.20. The van der Waals surface area contributed by atoms with Crippen molar-refractivity contribution in [3.8, 4) is 23.0 Å². The second-order valence-corrected chi connectivity index (χ2v) is 8.17. The fraction of sp³-hybridized carbons (Fsp3) is 0.240. The number of hydrogen-bond donors (Lipinski definition) is 0. The summed E-state index contributed by atoms with van der Waals surface area (Å²) in [7, 11) is 4.51. The summed E-state index contributed by atoms with van der Waals surface area (Å²) < 4.78 is 29.1. The standard InChI is InChI=1S/C25H23BrO6/c1-28-20-11-16(9-10-19(20)31-14-15-7-5-4-6-8-15)23-22(25(27)30-3)18-12-17(26)13-21(29-2)24(18)32-23/h4-13,22-23H,14H2,1-3H3/t22-,23-/m1/s1. The van der Waals surface area contributed by atoms with Crippen molar-refractivity contribution in [1.82, 2.24) is 0 Å². The van der Waals surface area contributed by atoms with Crippen LogP contribution < -0.4 is 18.9 Å². The van der Waals surface area contributed by atoms with Gasteiger partial charge >= 0.3 is 5.97 Å². The zero-order valence-corrected chi connectivity index (χ0v) is 19.5. The Kier molecular flexibility index (Phi) is 6.55. The number of methoxy groups -OCH3 is 3. The van der Waals surface area contributed by atoms with E-state index < -0.39 is 18.0 Å². The molecule has 2 atom stereocenters. The van der Waals surface area contributed by atoms with Crippen molar-refractivity contribution in [2.45, 2.75) is 18.6 Å². The number of carbonyl (C=O) groups is 1. The van der Waals surface area contributed by atoms with Crippen LogP contribution >= 0.6 is 15.9 Å². The zero-order chi connectivity index (χ0) is 22.7. The zero-order valence-electron chi connectivity index (χ0n) is 18.0. The highest BCUT2D eigenvalue weighted by atomic mass is 79.9. The van der Waals surface area contributed by atoms with Crippen LogP contribution in [0.2, 0.25) is 0 Å². The molecule has 0 amide bonds. The molecule has 1 aliphatic rings. The first-order chi connectivity index (χ1) is 15.5. The fourth-order valence-electron chi connectivity index (χ4n) is 3.81. The molecule has 0 aromatic heterocycles. The number of halogens is 1. The maximum Gasteiger partial charge on any atom is 0.317 e. The van der Waals surface area contributed by atoms with Gasteiger partial charge in [0.05, 0.1) is 21.3 Å². The first-order valence-electron chi connectivity index (χ1n) is 10.0. The average molecular weight is 499 g/mol. The molecular formula is C25H23BrO6. The normalized spacial score (nSPS) is 16.6. The third-order valence-electron chi connectivity index (χ3n) is 5.36. The second-order valence-electron chi connectivity index (χ2n) is 7.25. The Hall–Kier alpha value is -3.19. The van der Waals surface area contributed by atoms with Gasteiger partial charge in [0.15, 0.2) is 23.0 Å². The quantitative estimate of drug-likeness (QED) is 0.404. The summed E-state index contributed by atoms with van der Waals surface area (Å²) in [6.45, 7) is 0.415. The van der Waals surface area contributed by atoms with E-state index in [1.54, 1.807) is 20.3 Å². The topological polar surface area (TPSA) is 63.2 Å². The first kappa shape index (κ1) is 22.0. The first-order valence-corrected chi connectivity index (χ1v) is 10.8. The van der Waals surface area contributed by atoms with E-state index in [0.717, 1.165) is 15.6 Å². The molecule has 0 N–H and O–H groups in total. The molecule has 0 fully saturated rings. The van der Waals surface area contributed by atoms with Gasteiger partial charge in [-0.25, -0.2) is 0 Å². The highest BCUT2D eigenvalue weighted by Crippen LogP contribution is 2.52. The van der Waals surface area contributed by atoms with E-state index >= 15 is 0 Å². The molecule has 3 aromatic carbocycles. The lowest BCUT2D eigenvalue weighted by Gasteiger charge is -2.19. The Bertz CT molecular complexity index is 1110. The number of carbonyl (C=O) groups excluding carboxylic acids is 1. The van der Waals surface area contributed by atoms with E-state index in [1.807, 2.05) is 54.6 Å². The maximum atomic E-state index is 12.7. The van der Waals surface area contributed by atoms with Gasteiger partial charge in [0.1, 0.15) is 18.6 Å². The van der Waals surface area contributed by atoms with Crippen LogP contribution in [-0.4, -0.2) is 27.3 Å². The Balaban J connectivity index is 1.66. The lowest BCUT2D eigenvalue weighted by molar-refractivity contribution is -0.144. The van der Waals surface area contributed by atoms with Crippen molar-refractivity contribution in [3.05, 3.63) is 81.8 Å². The summed E-state index contributed by atoms with van der Waals surface area (Å²) in [5.41, 5.74) is 2.52. The molecule has 1 heterocycles. The molecule has 0 aliphatic carbocycles. The number of hydrogen-bond acceptors (Lipinski definition) is 6. The molecule has 0 radical (unpaired) electrons. The number of fused-ring (bicyclic) bond motifs is 1. The van der Waals surface area contributed by atoms with Crippen LogP contribution in [0.5, 0.6) is 23.0 Å². The SMILES string of the molecule is COC(=O)[C@@H]1c2cc(Br)cc(OC)c2O[C@@H]1c1ccc(OCc2ccccc2)c(OC)c1. The van der Waals surface area contributed by atoms with E-state index in [9.17, 15) is 4.79 Å². The molecule has 4 rings (SSSR count). The summed E-state index contributed by atoms with van der Waals surface area (Å²) >= 11 is 3.48. The summed E-state index contributed by atoms with van der Waals surface area (Å²) in [5.74, 6) is 1.18. The van der Waals surface area contributed by atoms with E-state index in [0.29, 0.717) is 35.2 Å². The molecule has 1 aliphatic heterocycles. The van der Waals surface area contributed by atoms with Gasteiger partial charge in [0, 0.05) is 10.0 Å². The van der Waals surface area contributed by atoms with Crippen molar-refractivity contribution in [2.75, 3.05) is 21.3 Å². The van der Waals surface area contributed by atoms with Gasteiger partial charge < -0.3 is 23.7 Å². The Morgan fingerprint density at radius 2 is 1.69 bits per heavy atom. The Morgan fingerprint density at radius 3 is 2.38 bits per heavy atom. The molecule has 7 heteroatoms. The molecule has 166 valence electrons. The number of esters is 1. The molecule has 0 saturated heterocycles. The monoisotopic (exact) mass is 498 g/mol. The summed E-state index contributed by atoms with van der Waals surface area (Å²) in [6, 6.07) is 19.1. The molecule has 0 bridgehead atoms. The predicted octanol–water partition coefficient (Wildman–Crippen LogP) is 5.44. The lowest BCUT2D eigenvalue weighted by atomic mass is 9.91. The highest BCUT2D eigenvalue weighted by Gasteiger charge is 2.43. The molecule has 0 unspecified atom stereocenters. The second kappa shape index (κ2) is 9.53. The highest BCUT2D eigenvalue weighted by molar-refractivity contribution is 9.10. The van der Waals surface area contributed by atoms with Crippen LogP contribution in [0.15, 0.2) is 65.1 Å². The van der Waals surface area contributed by atoms with Gasteiger partial charge in [-0.05, 0) is 35.4 Å². The van der Waals surface area contributed by atoms with E-state index in [-0.39, 0.29) is 0 Å². The molecule has 0 saturated carbocycles. The van der Waals surface area contributed by atoms with Gasteiger partial charge in [-0.1, -0.05) is 52.3 Å². The number of benzene rings is 3. The van der Waals surface area contributed by atoms with Crippen molar-refractivity contribution >= 4 is 21.9 Å². The van der Waals surface area contributed by atoms with Crippen LogP contribution in [0, 0.1) is 0 Å². The molecular weight excluding hydrogens is 476 g/mol. The largest absolute Gasteiger partial charge is 0.493 e. The van der Waals surface area contributed by atoms with Crippen molar-refractivity contribution < 1.29 is 28.5 Å². The third kappa shape index (κ3) is 4.25. The van der Waals surface area contributed by atoms with Crippen LogP contribution in [-0.2, 0) is 16.1 Å². The van der Waals surface area contributed by atoms with E-state index in [2.05, 4.69) is 15.9 Å². The molecule has 0 spiro atoms. The Morgan fingerprint density at radius 1 is 0.938 bits per heavy atom. The van der Waals surface area contributed by atoms with Crippen molar-refractivity contribution in [3.63, 3.8) is 0 Å². The fourth-order valence-corrected chi connectivity index (χ4v) is 4.26. The summed E-state index contributed by atoms with van der Waals surface area (Å²) in [6.07, 6.45) is -0.599. The van der Waals surface area contributed by atoms with Gasteiger partial charge in [0.25, 0.3) is 0 Å². The van der Waals surface area contributed by atoms with Crippen LogP contribution in [0.25, 0.3) is 0 Å². The predicted molar refractivity (Wildman–Crippen MR) is 123 cm³/mol. The number of rotatable bonds is 7. The molecule has 3 aromatic rings. The van der Waals surface area contributed by atoms with Gasteiger partial charge in [-0.2, -0.15) is 0 Å². The molecule has 6 nitrogen and oxygen atoms in total. The number of ether oxygens (including phenoxy) is 5. The van der Waals surface area contributed by atoms with Crippen LogP contribution in [0.3, 0.4) is 0 Å². The molecule has 32 heavy (non-hydrogen) atoms. The van der Waals surface area contributed by atoms with Gasteiger partial charge in [-0.3, -0.25) is 4.79 Å². The van der Waals surface area contributed by atoms with Crippen LogP contribution in [0.4, 0.5) is 0 Å². The minimum atomic E-state index is -0.651. The smallest absolute Gasteiger partial charge is 0.317 e. The third-order valence-corrected chi connectivity index (χ3v) is 5.82. The minimum absolute atomic E-state index is 0.391. The minimum Gasteiger partial charge on any atom is -0.493 e. The maximum absolute atomic E-state index is 12.7. The van der Waals surface area contributed by atoms with Gasteiger partial charge in [-0.15, -0.1) is 0 Å². The summed E-state index contributed by atoms with van der Waals surface area (Å²) in [4.78, 5) is 12.7. The average Bonchev–Trinajstić information content (AvgIpc) is 3.21. The van der Waals surface area contributed by atoms with Crippen LogP contribution in [0.1, 0.15) is 28.7 Å². The van der Waals surface area contributed by atoms with E-state index in [4.69, 9.17) is 23.7 Å². The van der Waals surface area contributed by atoms with Gasteiger partial charge in [0.2, 0.25) is 0 Å².